The van der Waals surface area contributed by atoms with Crippen LogP contribution in [0.2, 0.25) is 5.02 Å². The van der Waals surface area contributed by atoms with Gasteiger partial charge < -0.3 is 26.2 Å². The molecule has 2 unspecified atom stereocenters. The maximum atomic E-state index is 12.5. The van der Waals surface area contributed by atoms with E-state index in [1.807, 2.05) is 25.1 Å². The lowest BCUT2D eigenvalue weighted by molar-refractivity contribution is -0.163. The first-order valence-electron chi connectivity index (χ1n) is 10.7. The van der Waals surface area contributed by atoms with Gasteiger partial charge in [0.1, 0.15) is 5.70 Å². The smallest absolute Gasteiger partial charge is 0.353 e. The number of aliphatic hydroxyl groups excluding tert-OH is 1. The summed E-state index contributed by atoms with van der Waals surface area (Å²) in [4.78, 5) is 27.7. The number of nitrogens with two attached hydrogens (primary N) is 1. The number of benzene rings is 1. The zero-order chi connectivity index (χ0) is 23.2. The summed E-state index contributed by atoms with van der Waals surface area (Å²) in [6.45, 7) is 4.75. The molecule has 0 aromatic heterocycles. The van der Waals surface area contributed by atoms with E-state index < -0.39 is 18.0 Å². The Kier molecular flexibility index (Phi) is 7.14. The molecule has 3 heterocycles. The Morgan fingerprint density at radius 1 is 1.44 bits per heavy atom. The van der Waals surface area contributed by atoms with Crippen LogP contribution in [-0.2, 0) is 16.1 Å². The molecule has 2 fully saturated rings. The van der Waals surface area contributed by atoms with Crippen molar-refractivity contribution in [1.82, 2.24) is 10.2 Å². The van der Waals surface area contributed by atoms with E-state index in [-0.39, 0.29) is 28.8 Å². The van der Waals surface area contributed by atoms with E-state index >= 15 is 0 Å². The van der Waals surface area contributed by atoms with Crippen molar-refractivity contribution in [3.8, 4) is 0 Å². The van der Waals surface area contributed by atoms with Gasteiger partial charge in [0.25, 0.3) is 0 Å². The normalized spacial score (nSPS) is 30.5. The van der Waals surface area contributed by atoms with Crippen LogP contribution in [0.3, 0.4) is 0 Å². The third kappa shape index (κ3) is 4.31. The number of aliphatic hydroxyl groups is 1. The van der Waals surface area contributed by atoms with Gasteiger partial charge in [-0.2, -0.15) is 0 Å². The lowest BCUT2D eigenvalue weighted by atomic mass is 9.79. The van der Waals surface area contributed by atoms with Gasteiger partial charge in [-0.05, 0) is 37.1 Å². The van der Waals surface area contributed by atoms with Crippen LogP contribution in [0, 0.1) is 11.8 Å². The van der Waals surface area contributed by atoms with Crippen molar-refractivity contribution < 1.29 is 19.8 Å². The first-order chi connectivity index (χ1) is 15.2. The SMILES string of the molecule is CC(O)[C@H]1C(=O)N2C(C(=O)O)=C(S[C@@H]3CNC(CSc4ccc(Cl)c(CN)c4)C3)[C@H](C)[C@@H]12. The molecule has 1 amide bonds. The van der Waals surface area contributed by atoms with Crippen molar-refractivity contribution in [3.05, 3.63) is 39.4 Å². The quantitative estimate of drug-likeness (QED) is 0.320. The summed E-state index contributed by atoms with van der Waals surface area (Å²) >= 11 is 9.46. The lowest BCUT2D eigenvalue weighted by Crippen LogP contribution is -2.63. The number of β-lactam (4-membered cyclic amide) rings is 1. The molecular weight excluding hydrogens is 470 g/mol. The number of carbonyl (C=O) groups excluding carboxylic acids is 1. The Labute approximate surface area is 201 Å². The first kappa shape index (κ1) is 23.9. The van der Waals surface area contributed by atoms with Gasteiger partial charge in [0.15, 0.2) is 0 Å². The molecule has 3 aliphatic heterocycles. The second-order valence-electron chi connectivity index (χ2n) is 8.62. The van der Waals surface area contributed by atoms with Gasteiger partial charge >= 0.3 is 5.97 Å². The average molecular weight is 498 g/mol. The monoisotopic (exact) mass is 497 g/mol. The molecule has 0 aliphatic carbocycles. The van der Waals surface area contributed by atoms with Crippen molar-refractivity contribution in [2.75, 3.05) is 12.3 Å². The number of amides is 1. The van der Waals surface area contributed by atoms with E-state index in [2.05, 4.69) is 5.32 Å². The standard InChI is InChI=1S/C22H28ClN3O4S2/c1-10-18-17(11(2)27)21(28)26(18)19(22(29)30)20(10)32-15-6-13(25-8-15)9-31-14-3-4-16(23)12(5-14)7-24/h3-5,10-11,13,15,17-18,25,27H,6-9,24H2,1-2H3,(H,29,30)/t10-,11?,13?,15+,17-,18+/m1/s1. The molecule has 1 aromatic rings. The average Bonchev–Trinajstić information content (AvgIpc) is 3.28. The highest BCUT2D eigenvalue weighted by Gasteiger charge is 2.60. The molecule has 7 nitrogen and oxygen atoms in total. The van der Waals surface area contributed by atoms with Crippen LogP contribution in [-0.4, -0.2) is 62.7 Å². The number of nitrogens with zero attached hydrogens (tertiary/aromatic N) is 1. The maximum absolute atomic E-state index is 12.5. The van der Waals surface area contributed by atoms with Crippen LogP contribution in [0.1, 0.15) is 25.8 Å². The number of hydrogen-bond acceptors (Lipinski definition) is 7. The number of carboxylic acids is 1. The van der Waals surface area contributed by atoms with Crippen molar-refractivity contribution in [1.29, 1.82) is 0 Å². The molecule has 1 aromatic carbocycles. The summed E-state index contributed by atoms with van der Waals surface area (Å²) in [5.74, 6) is -1.10. The number of carboxylic acid groups (broad SMARTS) is 1. The van der Waals surface area contributed by atoms with Gasteiger partial charge in [-0.1, -0.05) is 18.5 Å². The van der Waals surface area contributed by atoms with Gasteiger partial charge in [0.2, 0.25) is 5.91 Å². The number of rotatable bonds is 8. The highest BCUT2D eigenvalue weighted by molar-refractivity contribution is 8.03. The van der Waals surface area contributed by atoms with E-state index in [1.165, 1.54) is 4.90 Å². The molecule has 4 rings (SSSR count). The molecule has 2 saturated heterocycles. The number of nitrogens with one attached hydrogen (secondary N) is 1. The van der Waals surface area contributed by atoms with Gasteiger partial charge in [-0.25, -0.2) is 4.79 Å². The molecule has 5 N–H and O–H groups in total. The van der Waals surface area contributed by atoms with Gasteiger partial charge in [-0.15, -0.1) is 23.5 Å². The Morgan fingerprint density at radius 3 is 2.84 bits per heavy atom. The number of hydrogen-bond donors (Lipinski definition) is 4. The first-order valence-corrected chi connectivity index (χ1v) is 13.0. The van der Waals surface area contributed by atoms with E-state index in [1.54, 1.807) is 30.4 Å². The molecule has 10 heteroatoms. The largest absolute Gasteiger partial charge is 0.477 e. The van der Waals surface area contributed by atoms with Gasteiger partial charge in [-0.3, -0.25) is 4.79 Å². The van der Waals surface area contributed by atoms with Crippen LogP contribution < -0.4 is 11.1 Å². The van der Waals surface area contributed by atoms with E-state index in [0.29, 0.717) is 17.6 Å². The van der Waals surface area contributed by atoms with Crippen molar-refractivity contribution >= 4 is 47.0 Å². The highest BCUT2D eigenvalue weighted by atomic mass is 35.5. The minimum atomic E-state index is -1.07. The Balaban J connectivity index is 1.39. The summed E-state index contributed by atoms with van der Waals surface area (Å²) in [5.41, 5.74) is 6.77. The fourth-order valence-electron chi connectivity index (χ4n) is 4.85. The van der Waals surface area contributed by atoms with Crippen LogP contribution in [0.15, 0.2) is 33.7 Å². The highest BCUT2D eigenvalue weighted by Crippen LogP contribution is 2.51. The molecule has 0 spiro atoms. The summed E-state index contributed by atoms with van der Waals surface area (Å²) in [6.07, 6.45) is 0.129. The van der Waals surface area contributed by atoms with Gasteiger partial charge in [0.05, 0.1) is 18.1 Å². The molecule has 3 aliphatic rings. The second-order valence-corrected chi connectivity index (χ2v) is 11.5. The molecule has 174 valence electrons. The van der Waals surface area contributed by atoms with Crippen LogP contribution in [0.25, 0.3) is 0 Å². The zero-order valence-corrected chi connectivity index (χ0v) is 20.3. The summed E-state index contributed by atoms with van der Waals surface area (Å²) in [6, 6.07) is 5.94. The van der Waals surface area contributed by atoms with Crippen LogP contribution in [0.4, 0.5) is 0 Å². The Hall–Kier alpha value is -1.23. The molecule has 32 heavy (non-hydrogen) atoms. The molecule has 6 atom stereocenters. The second kappa shape index (κ2) is 9.56. The van der Waals surface area contributed by atoms with E-state index in [0.717, 1.165) is 34.1 Å². The minimum absolute atomic E-state index is 0.0967. The van der Waals surface area contributed by atoms with Crippen LogP contribution in [0.5, 0.6) is 0 Å². The van der Waals surface area contributed by atoms with Crippen molar-refractivity contribution in [2.24, 2.45) is 17.6 Å². The number of aliphatic carboxylic acids is 1. The number of halogens is 1. The van der Waals surface area contributed by atoms with Gasteiger partial charge in [0, 0.05) is 50.9 Å². The molecule has 0 radical (unpaired) electrons. The fraction of sp³-hybridized carbons (Fsp3) is 0.545. The lowest BCUT2D eigenvalue weighted by Gasteiger charge is -2.46. The number of fused-ring (bicyclic) bond motifs is 1. The Morgan fingerprint density at radius 2 is 2.19 bits per heavy atom. The maximum Gasteiger partial charge on any atom is 0.353 e. The summed E-state index contributed by atoms with van der Waals surface area (Å²) in [5, 5.41) is 24.2. The van der Waals surface area contributed by atoms with Crippen molar-refractivity contribution in [3.63, 3.8) is 0 Å². The number of thioether (sulfide) groups is 2. The Bertz CT molecular complexity index is 957. The topological polar surface area (TPSA) is 116 Å². The zero-order valence-electron chi connectivity index (χ0n) is 18.0. The summed E-state index contributed by atoms with van der Waals surface area (Å²) < 4.78 is 0. The molecule has 0 bridgehead atoms. The summed E-state index contributed by atoms with van der Waals surface area (Å²) in [7, 11) is 0. The predicted octanol–water partition coefficient (Wildman–Crippen LogP) is 2.51. The fourth-order valence-corrected chi connectivity index (χ4v) is 7.60. The van der Waals surface area contributed by atoms with E-state index in [4.69, 9.17) is 17.3 Å². The molecular formula is C22H28ClN3O4S2. The predicted molar refractivity (Wildman–Crippen MR) is 127 cm³/mol. The van der Waals surface area contributed by atoms with Crippen LogP contribution >= 0.6 is 35.1 Å². The minimum Gasteiger partial charge on any atom is -0.477 e. The number of carbonyl (C=O) groups is 2. The molecule has 0 saturated carbocycles. The third-order valence-electron chi connectivity index (χ3n) is 6.47. The van der Waals surface area contributed by atoms with Crippen molar-refractivity contribution in [2.45, 2.75) is 55.1 Å². The van der Waals surface area contributed by atoms with E-state index in [9.17, 15) is 19.8 Å². The third-order valence-corrected chi connectivity index (χ3v) is 9.51.